The molecule has 1 aromatic heterocycles. The zero-order valence-corrected chi connectivity index (χ0v) is 7.28. The van der Waals surface area contributed by atoms with E-state index in [1.54, 1.807) is 0 Å². The van der Waals surface area contributed by atoms with Crippen LogP contribution in [-0.4, -0.2) is 25.8 Å². The van der Waals surface area contributed by atoms with E-state index in [4.69, 9.17) is 5.11 Å². The van der Waals surface area contributed by atoms with E-state index >= 15 is 0 Å². The number of aliphatic carboxylic acids is 1. The molecule has 0 aliphatic carbocycles. The van der Waals surface area contributed by atoms with Gasteiger partial charge in [-0.2, -0.15) is 5.10 Å². The number of nitrogens with zero attached hydrogens (tertiary/aromatic N) is 2. The van der Waals surface area contributed by atoms with Crippen molar-refractivity contribution >= 4 is 5.97 Å². The minimum absolute atomic E-state index is 0.0894. The van der Waals surface area contributed by atoms with Gasteiger partial charge in [-0.05, 0) is 0 Å². The highest BCUT2D eigenvalue weighted by Crippen LogP contribution is 1.88. The number of aromatic amines is 1. The van der Waals surface area contributed by atoms with Gasteiger partial charge in [0.1, 0.15) is 5.82 Å². The molecule has 0 radical (unpaired) electrons. The molecule has 0 aliphatic heterocycles. The lowest BCUT2D eigenvalue weighted by molar-refractivity contribution is -0.137. The Bertz CT molecular complexity index is 352. The van der Waals surface area contributed by atoms with Crippen molar-refractivity contribution in [1.82, 2.24) is 14.8 Å². The zero-order chi connectivity index (χ0) is 9.84. The van der Waals surface area contributed by atoms with Crippen molar-refractivity contribution in [2.75, 3.05) is 0 Å². The summed E-state index contributed by atoms with van der Waals surface area (Å²) in [4.78, 5) is 23.8. The third-order valence-corrected chi connectivity index (χ3v) is 1.60. The fourth-order valence-corrected chi connectivity index (χ4v) is 0.916. The van der Waals surface area contributed by atoms with Gasteiger partial charge in [-0.25, -0.2) is 9.48 Å². The minimum Gasteiger partial charge on any atom is -0.481 e. The van der Waals surface area contributed by atoms with E-state index in [-0.39, 0.29) is 18.7 Å². The number of carboxylic acids is 1. The van der Waals surface area contributed by atoms with Crippen LogP contribution >= 0.6 is 0 Å². The molecule has 0 aromatic carbocycles. The summed E-state index contributed by atoms with van der Waals surface area (Å²) in [6.07, 6.45) is 0.545. The molecular weight excluding hydrogens is 174 g/mol. The molecule has 1 heterocycles. The fraction of sp³-hybridized carbons (Fsp3) is 0.571. The highest BCUT2D eigenvalue weighted by molar-refractivity contribution is 5.66. The highest BCUT2D eigenvalue weighted by atomic mass is 16.4. The smallest absolute Gasteiger partial charge is 0.343 e. The van der Waals surface area contributed by atoms with Crippen LogP contribution < -0.4 is 5.69 Å². The van der Waals surface area contributed by atoms with Crippen LogP contribution in [0.5, 0.6) is 0 Å². The molecule has 0 bridgehead atoms. The molecule has 0 unspecified atom stereocenters. The molecule has 1 aromatic rings. The molecule has 0 amide bonds. The summed E-state index contributed by atoms with van der Waals surface area (Å²) in [5.74, 6) is -0.358. The van der Waals surface area contributed by atoms with E-state index in [2.05, 4.69) is 10.1 Å². The van der Waals surface area contributed by atoms with Gasteiger partial charge in [-0.15, -0.1) is 0 Å². The van der Waals surface area contributed by atoms with Crippen LogP contribution in [0.3, 0.4) is 0 Å². The van der Waals surface area contributed by atoms with Gasteiger partial charge in [0, 0.05) is 6.42 Å². The predicted molar refractivity (Wildman–Crippen MR) is 44.5 cm³/mol. The van der Waals surface area contributed by atoms with E-state index in [1.165, 1.54) is 0 Å². The summed E-state index contributed by atoms with van der Waals surface area (Å²) in [5.41, 5.74) is -0.349. The third kappa shape index (κ3) is 2.43. The summed E-state index contributed by atoms with van der Waals surface area (Å²) < 4.78 is 1.13. The Morgan fingerprint density at radius 3 is 2.85 bits per heavy atom. The quantitative estimate of drug-likeness (QED) is 0.668. The monoisotopic (exact) mass is 185 g/mol. The Morgan fingerprint density at radius 1 is 1.69 bits per heavy atom. The first-order valence-corrected chi connectivity index (χ1v) is 4.01. The normalized spacial score (nSPS) is 10.2. The summed E-state index contributed by atoms with van der Waals surface area (Å²) in [5, 5.41) is 12.3. The fourth-order valence-electron chi connectivity index (χ4n) is 0.916. The zero-order valence-electron chi connectivity index (χ0n) is 7.28. The lowest BCUT2D eigenvalue weighted by atomic mass is 10.4. The van der Waals surface area contributed by atoms with E-state index in [9.17, 15) is 9.59 Å². The topological polar surface area (TPSA) is 88.0 Å². The van der Waals surface area contributed by atoms with Crippen molar-refractivity contribution in [2.24, 2.45) is 0 Å². The molecule has 13 heavy (non-hydrogen) atoms. The van der Waals surface area contributed by atoms with Gasteiger partial charge in [-0.1, -0.05) is 6.92 Å². The second kappa shape index (κ2) is 3.88. The molecule has 1 rings (SSSR count). The van der Waals surface area contributed by atoms with E-state index < -0.39 is 5.97 Å². The number of rotatable bonds is 4. The molecular formula is C7H11N3O3. The predicted octanol–water partition coefficient (Wildman–Crippen LogP) is -0.391. The van der Waals surface area contributed by atoms with Crippen molar-refractivity contribution in [3.63, 3.8) is 0 Å². The van der Waals surface area contributed by atoms with Crippen molar-refractivity contribution in [1.29, 1.82) is 0 Å². The average molecular weight is 185 g/mol. The van der Waals surface area contributed by atoms with Gasteiger partial charge in [0.2, 0.25) is 0 Å². The minimum atomic E-state index is -0.937. The molecule has 6 heteroatoms. The molecule has 72 valence electrons. The maximum Gasteiger partial charge on any atom is 0.343 e. The average Bonchev–Trinajstić information content (AvgIpc) is 2.43. The molecule has 0 saturated carbocycles. The number of hydrogen-bond acceptors (Lipinski definition) is 3. The molecule has 0 aliphatic rings. The Balaban J connectivity index is 2.71. The van der Waals surface area contributed by atoms with Gasteiger partial charge in [0.05, 0.1) is 13.0 Å². The van der Waals surface area contributed by atoms with Gasteiger partial charge in [0.25, 0.3) is 0 Å². The van der Waals surface area contributed by atoms with Crippen LogP contribution in [0.1, 0.15) is 19.2 Å². The van der Waals surface area contributed by atoms with Crippen molar-refractivity contribution in [2.45, 2.75) is 26.3 Å². The Morgan fingerprint density at radius 2 is 2.38 bits per heavy atom. The Kier molecular flexibility index (Phi) is 2.84. The van der Waals surface area contributed by atoms with Gasteiger partial charge in [0.15, 0.2) is 0 Å². The van der Waals surface area contributed by atoms with Crippen LogP contribution in [0.2, 0.25) is 0 Å². The van der Waals surface area contributed by atoms with Crippen molar-refractivity contribution < 1.29 is 9.90 Å². The van der Waals surface area contributed by atoms with Crippen LogP contribution in [0.15, 0.2) is 4.79 Å². The number of aryl methyl sites for hydroxylation is 2. The first kappa shape index (κ1) is 9.50. The summed E-state index contributed by atoms with van der Waals surface area (Å²) in [6, 6.07) is 0. The molecule has 0 atom stereocenters. The van der Waals surface area contributed by atoms with Crippen molar-refractivity contribution in [3.8, 4) is 0 Å². The first-order chi connectivity index (χ1) is 6.13. The number of nitrogens with one attached hydrogen (secondary N) is 1. The number of carbonyl (C=O) groups is 1. The third-order valence-electron chi connectivity index (χ3n) is 1.60. The van der Waals surface area contributed by atoms with E-state index in [0.717, 1.165) is 4.68 Å². The number of aromatic nitrogens is 3. The Hall–Kier alpha value is -1.59. The van der Waals surface area contributed by atoms with Gasteiger partial charge >= 0.3 is 11.7 Å². The number of carboxylic acid groups (broad SMARTS) is 1. The second-order valence-electron chi connectivity index (χ2n) is 2.60. The second-order valence-corrected chi connectivity index (χ2v) is 2.60. The number of hydrogen-bond donors (Lipinski definition) is 2. The van der Waals surface area contributed by atoms with E-state index in [1.807, 2.05) is 6.92 Å². The van der Waals surface area contributed by atoms with Gasteiger partial charge in [-0.3, -0.25) is 9.78 Å². The lowest BCUT2D eigenvalue weighted by Gasteiger charge is -1.93. The molecule has 0 spiro atoms. The largest absolute Gasteiger partial charge is 0.481 e. The molecule has 0 fully saturated rings. The number of H-pyrrole nitrogens is 1. The summed E-state index contributed by atoms with van der Waals surface area (Å²) in [7, 11) is 0. The maximum atomic E-state index is 11.1. The summed E-state index contributed by atoms with van der Waals surface area (Å²) in [6.45, 7) is 1.98. The van der Waals surface area contributed by atoms with Gasteiger partial charge < -0.3 is 5.11 Å². The Labute approximate surface area is 74.2 Å². The molecule has 2 N–H and O–H groups in total. The summed E-state index contributed by atoms with van der Waals surface area (Å²) >= 11 is 0. The molecule has 0 saturated heterocycles. The first-order valence-electron chi connectivity index (χ1n) is 4.01. The van der Waals surface area contributed by atoms with Crippen LogP contribution in [-0.2, 0) is 17.8 Å². The van der Waals surface area contributed by atoms with Crippen LogP contribution in [0.4, 0.5) is 0 Å². The highest BCUT2D eigenvalue weighted by Gasteiger charge is 2.04. The molecule has 6 nitrogen and oxygen atoms in total. The lowest BCUT2D eigenvalue weighted by Crippen LogP contribution is -2.19. The SMILES string of the molecule is CCc1nn(CCC(=O)O)c(=O)[nH]1. The van der Waals surface area contributed by atoms with E-state index in [0.29, 0.717) is 12.2 Å². The maximum absolute atomic E-state index is 11.1. The van der Waals surface area contributed by atoms with Crippen LogP contribution in [0, 0.1) is 0 Å². The van der Waals surface area contributed by atoms with Crippen LogP contribution in [0.25, 0.3) is 0 Å². The standard InChI is InChI=1S/C7H11N3O3/c1-2-5-8-7(13)10(9-5)4-3-6(11)12/h2-4H2,1H3,(H,11,12)(H,8,9,13). The van der Waals surface area contributed by atoms with Crippen molar-refractivity contribution in [3.05, 3.63) is 16.3 Å².